The van der Waals surface area contributed by atoms with Gasteiger partial charge in [-0.15, -0.1) is 0 Å². The average molecular weight is 241 g/mol. The first-order valence-electron chi connectivity index (χ1n) is 6.69. The van der Waals surface area contributed by atoms with Crippen LogP contribution < -0.4 is 5.32 Å². The van der Waals surface area contributed by atoms with E-state index in [1.807, 2.05) is 0 Å². The molecule has 0 amide bonds. The molecule has 0 heterocycles. The normalized spacial score (nSPS) is 13.8. The smallest absolute Gasteiger partial charge is 0.00967 e. The van der Waals surface area contributed by atoms with Crippen LogP contribution in [0.1, 0.15) is 39.2 Å². The molecule has 1 N–H and O–H groups in total. The molecule has 2 rings (SSSR count). The van der Waals surface area contributed by atoms with Crippen molar-refractivity contribution in [3.05, 3.63) is 48.0 Å². The van der Waals surface area contributed by atoms with E-state index in [9.17, 15) is 0 Å². The SMILES string of the molecule is CC(CNC(C)(C)C)c1ccc2ccccc2c1. The molecule has 0 saturated carbocycles. The van der Waals surface area contributed by atoms with Crippen LogP contribution in [-0.2, 0) is 0 Å². The lowest BCUT2D eigenvalue weighted by atomic mass is 9.96. The first-order valence-corrected chi connectivity index (χ1v) is 6.69. The third kappa shape index (κ3) is 3.33. The minimum absolute atomic E-state index is 0.186. The van der Waals surface area contributed by atoms with Gasteiger partial charge in [-0.3, -0.25) is 0 Å². The predicted octanol–water partition coefficient (Wildman–Crippen LogP) is 4.33. The summed E-state index contributed by atoms with van der Waals surface area (Å²) >= 11 is 0. The quantitative estimate of drug-likeness (QED) is 0.843. The highest BCUT2D eigenvalue weighted by molar-refractivity contribution is 5.83. The van der Waals surface area contributed by atoms with E-state index in [0.29, 0.717) is 5.92 Å². The van der Waals surface area contributed by atoms with E-state index in [2.05, 4.69) is 75.5 Å². The average Bonchev–Trinajstić information content (AvgIpc) is 2.34. The van der Waals surface area contributed by atoms with Gasteiger partial charge in [-0.1, -0.05) is 49.4 Å². The molecule has 18 heavy (non-hydrogen) atoms. The van der Waals surface area contributed by atoms with Gasteiger partial charge in [0.1, 0.15) is 0 Å². The summed E-state index contributed by atoms with van der Waals surface area (Å²) < 4.78 is 0. The van der Waals surface area contributed by atoms with Gasteiger partial charge < -0.3 is 5.32 Å². The van der Waals surface area contributed by atoms with Crippen molar-refractivity contribution in [1.29, 1.82) is 0 Å². The Morgan fingerprint density at radius 3 is 2.33 bits per heavy atom. The molecular formula is C17H23N. The molecule has 1 heteroatoms. The van der Waals surface area contributed by atoms with Crippen LogP contribution >= 0.6 is 0 Å². The van der Waals surface area contributed by atoms with E-state index in [-0.39, 0.29) is 5.54 Å². The van der Waals surface area contributed by atoms with Crippen molar-refractivity contribution in [1.82, 2.24) is 5.32 Å². The van der Waals surface area contributed by atoms with Crippen molar-refractivity contribution in [2.45, 2.75) is 39.2 Å². The van der Waals surface area contributed by atoms with Crippen LogP contribution in [0, 0.1) is 0 Å². The van der Waals surface area contributed by atoms with Crippen LogP contribution in [0.3, 0.4) is 0 Å². The van der Waals surface area contributed by atoms with Gasteiger partial charge in [0.25, 0.3) is 0 Å². The summed E-state index contributed by atoms with van der Waals surface area (Å²) in [6.07, 6.45) is 0. The number of fused-ring (bicyclic) bond motifs is 1. The molecule has 0 fully saturated rings. The zero-order chi connectivity index (χ0) is 13.2. The van der Waals surface area contributed by atoms with Gasteiger partial charge in [-0.05, 0) is 43.0 Å². The van der Waals surface area contributed by atoms with Gasteiger partial charge in [0, 0.05) is 12.1 Å². The Bertz CT molecular complexity index is 522. The van der Waals surface area contributed by atoms with Crippen LogP contribution in [0.25, 0.3) is 10.8 Å². The van der Waals surface area contributed by atoms with Crippen LogP contribution in [0.4, 0.5) is 0 Å². The highest BCUT2D eigenvalue weighted by Crippen LogP contribution is 2.21. The zero-order valence-electron chi connectivity index (χ0n) is 11.8. The third-order valence-electron chi connectivity index (χ3n) is 3.28. The minimum Gasteiger partial charge on any atom is -0.311 e. The van der Waals surface area contributed by atoms with E-state index >= 15 is 0 Å². The van der Waals surface area contributed by atoms with E-state index in [1.54, 1.807) is 0 Å². The second-order valence-electron chi connectivity index (χ2n) is 6.14. The summed E-state index contributed by atoms with van der Waals surface area (Å²) in [5.41, 5.74) is 1.59. The lowest BCUT2D eigenvalue weighted by Crippen LogP contribution is -2.38. The van der Waals surface area contributed by atoms with Crippen molar-refractivity contribution in [3.8, 4) is 0 Å². The van der Waals surface area contributed by atoms with Crippen molar-refractivity contribution < 1.29 is 0 Å². The monoisotopic (exact) mass is 241 g/mol. The second-order valence-corrected chi connectivity index (χ2v) is 6.14. The summed E-state index contributed by atoms with van der Waals surface area (Å²) in [7, 11) is 0. The molecule has 0 aliphatic carbocycles. The molecule has 1 nitrogen and oxygen atoms in total. The fourth-order valence-corrected chi connectivity index (χ4v) is 2.09. The number of hydrogen-bond acceptors (Lipinski definition) is 1. The molecule has 2 aromatic carbocycles. The molecular weight excluding hydrogens is 218 g/mol. The van der Waals surface area contributed by atoms with Crippen LogP contribution in [0.15, 0.2) is 42.5 Å². The Hall–Kier alpha value is -1.34. The van der Waals surface area contributed by atoms with E-state index < -0.39 is 0 Å². The lowest BCUT2D eigenvalue weighted by Gasteiger charge is -2.23. The number of nitrogens with one attached hydrogen (secondary N) is 1. The molecule has 0 aliphatic rings. The molecule has 0 aliphatic heterocycles. The first-order chi connectivity index (χ1) is 8.46. The molecule has 0 radical (unpaired) electrons. The van der Waals surface area contributed by atoms with Crippen molar-refractivity contribution in [3.63, 3.8) is 0 Å². The Kier molecular flexibility index (Phi) is 3.72. The minimum atomic E-state index is 0.186. The maximum absolute atomic E-state index is 3.57. The number of hydrogen-bond donors (Lipinski definition) is 1. The van der Waals surface area contributed by atoms with Gasteiger partial charge in [0.15, 0.2) is 0 Å². The number of rotatable bonds is 3. The van der Waals surface area contributed by atoms with Crippen molar-refractivity contribution in [2.24, 2.45) is 0 Å². The standard InChI is InChI=1S/C17H23N/c1-13(12-18-17(2,3)4)15-10-9-14-7-5-6-8-16(14)11-15/h5-11,13,18H,12H2,1-4H3. The maximum Gasteiger partial charge on any atom is 0.00967 e. The topological polar surface area (TPSA) is 12.0 Å². The Morgan fingerprint density at radius 2 is 1.67 bits per heavy atom. The second kappa shape index (κ2) is 5.11. The first kappa shape index (κ1) is 13.1. The van der Waals surface area contributed by atoms with Gasteiger partial charge in [0.2, 0.25) is 0 Å². The molecule has 1 atom stereocenters. The Labute approximate surface area is 110 Å². The summed E-state index contributed by atoms with van der Waals surface area (Å²) in [5.74, 6) is 0.536. The van der Waals surface area contributed by atoms with Crippen LogP contribution in [-0.4, -0.2) is 12.1 Å². The molecule has 0 aromatic heterocycles. The van der Waals surface area contributed by atoms with E-state index in [4.69, 9.17) is 0 Å². The molecule has 96 valence electrons. The van der Waals surface area contributed by atoms with Crippen molar-refractivity contribution in [2.75, 3.05) is 6.54 Å². The fourth-order valence-electron chi connectivity index (χ4n) is 2.09. The Morgan fingerprint density at radius 1 is 1.00 bits per heavy atom. The zero-order valence-corrected chi connectivity index (χ0v) is 11.8. The summed E-state index contributed by atoms with van der Waals surface area (Å²) in [5, 5.41) is 6.22. The van der Waals surface area contributed by atoms with Crippen LogP contribution in [0.2, 0.25) is 0 Å². The maximum atomic E-state index is 3.57. The van der Waals surface area contributed by atoms with E-state index in [1.165, 1.54) is 16.3 Å². The summed E-state index contributed by atoms with van der Waals surface area (Å²) in [6, 6.07) is 15.3. The molecule has 0 bridgehead atoms. The molecule has 1 unspecified atom stereocenters. The molecule has 0 spiro atoms. The highest BCUT2D eigenvalue weighted by Gasteiger charge is 2.12. The van der Waals surface area contributed by atoms with Gasteiger partial charge in [-0.2, -0.15) is 0 Å². The largest absolute Gasteiger partial charge is 0.311 e. The molecule has 0 saturated heterocycles. The predicted molar refractivity (Wildman–Crippen MR) is 80.1 cm³/mol. The fraction of sp³-hybridized carbons (Fsp3) is 0.412. The number of benzene rings is 2. The summed E-state index contributed by atoms with van der Waals surface area (Å²) in [4.78, 5) is 0. The van der Waals surface area contributed by atoms with Gasteiger partial charge >= 0.3 is 0 Å². The highest BCUT2D eigenvalue weighted by atomic mass is 14.9. The van der Waals surface area contributed by atoms with Crippen molar-refractivity contribution >= 4 is 10.8 Å². The molecule has 2 aromatic rings. The lowest BCUT2D eigenvalue weighted by molar-refractivity contribution is 0.412. The Balaban J connectivity index is 2.15. The van der Waals surface area contributed by atoms with Gasteiger partial charge in [-0.25, -0.2) is 0 Å². The van der Waals surface area contributed by atoms with Gasteiger partial charge in [0.05, 0.1) is 0 Å². The third-order valence-corrected chi connectivity index (χ3v) is 3.28. The van der Waals surface area contributed by atoms with E-state index in [0.717, 1.165) is 6.54 Å². The summed E-state index contributed by atoms with van der Waals surface area (Å²) in [6.45, 7) is 9.92. The van der Waals surface area contributed by atoms with Crippen LogP contribution in [0.5, 0.6) is 0 Å².